The molecule has 4 aromatic carbocycles. The third kappa shape index (κ3) is 5.22. The molecule has 214 valence electrons. The van der Waals surface area contributed by atoms with E-state index < -0.39 is 0 Å². The normalized spacial score (nSPS) is 25.1. The number of thioether (sulfide) groups is 1. The van der Waals surface area contributed by atoms with Crippen molar-refractivity contribution in [2.75, 3.05) is 0 Å². The van der Waals surface area contributed by atoms with Crippen molar-refractivity contribution in [3.63, 3.8) is 0 Å². The second-order valence-electron chi connectivity index (χ2n) is 13.3. The van der Waals surface area contributed by atoms with E-state index in [4.69, 9.17) is 5.10 Å². The minimum atomic E-state index is 0.269. The molecule has 2 heterocycles. The Bertz CT molecular complexity index is 1660. The van der Waals surface area contributed by atoms with E-state index in [1.807, 2.05) is 0 Å². The van der Waals surface area contributed by atoms with Crippen molar-refractivity contribution >= 4 is 45.8 Å². The Morgan fingerprint density at radius 1 is 0.628 bits per heavy atom. The van der Waals surface area contributed by atoms with Gasteiger partial charge in [-0.3, -0.25) is 0 Å². The summed E-state index contributed by atoms with van der Waals surface area (Å²) in [7, 11) is 0. The molecule has 5 aromatic rings. The van der Waals surface area contributed by atoms with Crippen molar-refractivity contribution in [3.8, 4) is 0 Å². The molecule has 0 bridgehead atoms. The van der Waals surface area contributed by atoms with E-state index in [2.05, 4.69) is 126 Å². The predicted molar refractivity (Wildman–Crippen MR) is 183 cm³/mol. The van der Waals surface area contributed by atoms with Gasteiger partial charge < -0.3 is 0 Å². The Morgan fingerprint density at radius 3 is 1.95 bits per heavy atom. The topological polar surface area (TPSA) is 25.8 Å². The van der Waals surface area contributed by atoms with E-state index in [0.29, 0.717) is 22.5 Å². The molecule has 4 heteroatoms. The third-order valence-electron chi connectivity index (χ3n) is 10.9. The maximum atomic E-state index is 4.83. The Kier molecular flexibility index (Phi) is 7.35. The zero-order valence-electron chi connectivity index (χ0n) is 24.9. The molecule has 2 nitrogen and oxygen atoms in total. The van der Waals surface area contributed by atoms with Gasteiger partial charge in [-0.2, -0.15) is 10.2 Å². The van der Waals surface area contributed by atoms with Crippen LogP contribution in [0.5, 0.6) is 0 Å². The number of hydrogen-bond acceptors (Lipinski definition) is 3. The molecule has 2 atom stereocenters. The summed E-state index contributed by atoms with van der Waals surface area (Å²) in [5.41, 5.74) is 8.47. The van der Waals surface area contributed by atoms with Crippen molar-refractivity contribution in [1.82, 2.24) is 10.2 Å². The van der Waals surface area contributed by atoms with Crippen LogP contribution in [0.25, 0.3) is 10.9 Å². The molecule has 1 spiro atoms. The first-order valence-electron chi connectivity index (χ1n) is 16.4. The minimum absolute atomic E-state index is 0.269. The van der Waals surface area contributed by atoms with Gasteiger partial charge in [0.2, 0.25) is 6.71 Å². The maximum Gasteiger partial charge on any atom is 0.241 e. The molecule has 2 unspecified atom stereocenters. The molecule has 2 aliphatic carbocycles. The van der Waals surface area contributed by atoms with Crippen LogP contribution in [-0.4, -0.2) is 22.2 Å². The lowest BCUT2D eigenvalue weighted by Gasteiger charge is -2.44. The smallest absolute Gasteiger partial charge is 0.153 e. The highest BCUT2D eigenvalue weighted by atomic mass is 32.2. The summed E-state index contributed by atoms with van der Waals surface area (Å²) in [4.78, 5) is 1.42. The number of fused-ring (bicyclic) bond motifs is 5. The number of nitrogens with zero attached hydrogens (tertiary/aromatic N) is 2. The van der Waals surface area contributed by atoms with Crippen LogP contribution < -0.4 is 16.4 Å². The first-order chi connectivity index (χ1) is 21.3. The molecule has 0 saturated heterocycles. The summed E-state index contributed by atoms with van der Waals surface area (Å²) in [6, 6.07) is 40.2. The predicted octanol–water partition coefficient (Wildman–Crippen LogP) is 8.01. The Labute approximate surface area is 260 Å². The molecule has 1 aliphatic heterocycles. The van der Waals surface area contributed by atoms with Gasteiger partial charge >= 0.3 is 0 Å². The van der Waals surface area contributed by atoms with E-state index in [0.717, 1.165) is 5.52 Å². The Hall–Kier alpha value is -3.37. The zero-order chi connectivity index (χ0) is 28.6. The molecule has 43 heavy (non-hydrogen) atoms. The highest BCUT2D eigenvalue weighted by molar-refractivity contribution is 8.00. The summed E-state index contributed by atoms with van der Waals surface area (Å²) >= 11 is 2.10. The van der Waals surface area contributed by atoms with Crippen molar-refractivity contribution in [2.45, 2.75) is 79.8 Å². The van der Waals surface area contributed by atoms with E-state index in [1.165, 1.54) is 95.7 Å². The van der Waals surface area contributed by atoms with Gasteiger partial charge in [0.05, 0.1) is 11.2 Å². The van der Waals surface area contributed by atoms with Crippen LogP contribution in [0.15, 0.2) is 114 Å². The lowest BCUT2D eigenvalue weighted by Crippen LogP contribution is -2.51. The molecule has 0 radical (unpaired) electrons. The first-order valence-corrected chi connectivity index (χ1v) is 17.3. The average Bonchev–Trinajstić information content (AvgIpc) is 3.43. The lowest BCUT2D eigenvalue weighted by atomic mass is 9.37. The Balaban J connectivity index is 0.968. The van der Waals surface area contributed by atoms with Crippen LogP contribution in [0.1, 0.15) is 80.9 Å². The fraction of sp³-hybridized carbons (Fsp3) is 0.333. The largest absolute Gasteiger partial charge is 0.241 e. The van der Waals surface area contributed by atoms with Crippen molar-refractivity contribution in [1.29, 1.82) is 0 Å². The van der Waals surface area contributed by atoms with Crippen LogP contribution in [0, 0.1) is 5.41 Å². The van der Waals surface area contributed by atoms with Crippen LogP contribution in [0.4, 0.5) is 0 Å². The molecule has 0 amide bonds. The van der Waals surface area contributed by atoms with Crippen molar-refractivity contribution < 1.29 is 0 Å². The summed E-state index contributed by atoms with van der Waals surface area (Å²) in [6.07, 6.45) is 12.1. The standard InChI is InChI=1S/C39H39BN2S/c1-3-13-30(14-4-1)40(31-15-5-2-6-16-31)32-21-19-29(20-22-32)28-11-9-24-39(25-10-12-28)26-23-36-34(27-39)37-38(43-36)33-17-7-8-18-35(33)41-42-37/h1-8,13-22,28,34,36H,9-12,23-27H2. The van der Waals surface area contributed by atoms with Crippen molar-refractivity contribution in [3.05, 3.63) is 120 Å². The van der Waals surface area contributed by atoms with Crippen LogP contribution in [0.2, 0.25) is 0 Å². The van der Waals surface area contributed by atoms with Gasteiger partial charge in [0.25, 0.3) is 0 Å². The monoisotopic (exact) mass is 578 g/mol. The summed E-state index contributed by atoms with van der Waals surface area (Å²) in [5.74, 6) is 1.26. The third-order valence-corrected chi connectivity index (χ3v) is 12.4. The molecule has 2 fully saturated rings. The number of hydrogen-bond donors (Lipinski definition) is 0. The molecule has 1 aromatic heterocycles. The number of benzene rings is 4. The highest BCUT2D eigenvalue weighted by Gasteiger charge is 2.46. The summed E-state index contributed by atoms with van der Waals surface area (Å²) in [6.45, 7) is 0.269. The molecular weight excluding hydrogens is 539 g/mol. The van der Waals surface area contributed by atoms with Gasteiger partial charge in [0.15, 0.2) is 0 Å². The maximum absolute atomic E-state index is 4.83. The second-order valence-corrected chi connectivity index (χ2v) is 14.6. The van der Waals surface area contributed by atoms with Gasteiger partial charge in [-0.05, 0) is 67.9 Å². The van der Waals surface area contributed by atoms with Gasteiger partial charge in [-0.15, -0.1) is 11.8 Å². The van der Waals surface area contributed by atoms with Gasteiger partial charge in [-0.1, -0.05) is 132 Å². The molecule has 0 N–H and O–H groups in total. The van der Waals surface area contributed by atoms with Gasteiger partial charge in [-0.25, -0.2) is 0 Å². The average molecular weight is 579 g/mol. The number of aromatic nitrogens is 2. The molecular formula is C39H39BN2S. The van der Waals surface area contributed by atoms with Crippen LogP contribution >= 0.6 is 11.8 Å². The van der Waals surface area contributed by atoms with E-state index in [9.17, 15) is 0 Å². The fourth-order valence-corrected chi connectivity index (χ4v) is 10.2. The quantitative estimate of drug-likeness (QED) is 0.202. The molecule has 8 rings (SSSR count). The van der Waals surface area contributed by atoms with Crippen LogP contribution in [0.3, 0.4) is 0 Å². The van der Waals surface area contributed by atoms with Gasteiger partial charge in [0.1, 0.15) is 0 Å². The highest BCUT2D eigenvalue weighted by Crippen LogP contribution is 2.59. The second kappa shape index (κ2) is 11.6. The SMILES string of the molecule is c1ccc(B(c2ccccc2)c2ccc(C3CCCC4(CCC3)CCC3Sc5c(nnc6ccccc56)C3C4)cc2)cc1. The molecule has 2 saturated carbocycles. The van der Waals surface area contributed by atoms with E-state index in [1.54, 1.807) is 0 Å². The van der Waals surface area contributed by atoms with E-state index >= 15 is 0 Å². The van der Waals surface area contributed by atoms with Crippen molar-refractivity contribution in [2.24, 2.45) is 5.41 Å². The zero-order valence-corrected chi connectivity index (χ0v) is 25.7. The minimum Gasteiger partial charge on any atom is -0.153 e. The van der Waals surface area contributed by atoms with Gasteiger partial charge in [0, 0.05) is 21.4 Å². The summed E-state index contributed by atoms with van der Waals surface area (Å²) in [5, 5.41) is 11.5. The first kappa shape index (κ1) is 27.2. The summed E-state index contributed by atoms with van der Waals surface area (Å²) < 4.78 is 0. The van der Waals surface area contributed by atoms with Crippen LogP contribution in [-0.2, 0) is 0 Å². The lowest BCUT2D eigenvalue weighted by molar-refractivity contribution is 0.124. The fourth-order valence-electron chi connectivity index (χ4n) is 8.66. The van der Waals surface area contributed by atoms with E-state index in [-0.39, 0.29) is 6.71 Å². The molecule has 3 aliphatic rings. The Morgan fingerprint density at radius 2 is 1.26 bits per heavy atom. The number of rotatable bonds is 4.